The molecule has 7 nitrogen and oxygen atoms in total. The zero-order valence-electron chi connectivity index (χ0n) is 14.2. The third-order valence-electron chi connectivity index (χ3n) is 3.26. The minimum atomic E-state index is -0.165. The van der Waals surface area contributed by atoms with Gasteiger partial charge in [0.25, 0.3) is 5.91 Å². The van der Waals surface area contributed by atoms with Crippen molar-refractivity contribution in [2.24, 2.45) is 0 Å². The standard InChI is InChI=1S/C17H23N5O2/c1-4-18-17-21-12(2)11-15(22-17)19-9-10-20-16(23)13-7-5-6-8-14(13)24-3/h5-8,11H,4,9-10H2,1-3H3,(H,20,23)(H2,18,19,21,22). The van der Waals surface area contributed by atoms with Gasteiger partial charge < -0.3 is 20.7 Å². The van der Waals surface area contributed by atoms with Gasteiger partial charge >= 0.3 is 0 Å². The zero-order valence-corrected chi connectivity index (χ0v) is 14.2. The Morgan fingerprint density at radius 1 is 1.17 bits per heavy atom. The van der Waals surface area contributed by atoms with E-state index in [0.29, 0.717) is 30.4 Å². The molecule has 0 spiro atoms. The van der Waals surface area contributed by atoms with Crippen LogP contribution in [0.2, 0.25) is 0 Å². The van der Waals surface area contributed by atoms with Gasteiger partial charge in [-0.1, -0.05) is 12.1 Å². The van der Waals surface area contributed by atoms with Crippen LogP contribution < -0.4 is 20.7 Å². The molecule has 0 radical (unpaired) electrons. The van der Waals surface area contributed by atoms with Gasteiger partial charge in [-0.25, -0.2) is 4.98 Å². The predicted molar refractivity (Wildman–Crippen MR) is 94.7 cm³/mol. The molecule has 7 heteroatoms. The molecule has 1 aromatic heterocycles. The number of nitrogens with zero attached hydrogens (tertiary/aromatic N) is 2. The Balaban J connectivity index is 1.85. The number of anilines is 2. The zero-order chi connectivity index (χ0) is 17.4. The minimum absolute atomic E-state index is 0.165. The van der Waals surface area contributed by atoms with Gasteiger partial charge in [-0.15, -0.1) is 0 Å². The summed E-state index contributed by atoms with van der Waals surface area (Å²) < 4.78 is 5.19. The van der Waals surface area contributed by atoms with Gasteiger partial charge in [0.05, 0.1) is 12.7 Å². The first-order valence-electron chi connectivity index (χ1n) is 7.88. The fourth-order valence-corrected chi connectivity index (χ4v) is 2.19. The number of aromatic nitrogens is 2. The maximum atomic E-state index is 12.2. The summed E-state index contributed by atoms with van der Waals surface area (Å²) >= 11 is 0. The van der Waals surface area contributed by atoms with Crippen molar-refractivity contribution in [1.29, 1.82) is 0 Å². The van der Waals surface area contributed by atoms with Crippen LogP contribution in [0, 0.1) is 6.92 Å². The van der Waals surface area contributed by atoms with E-state index in [4.69, 9.17) is 4.74 Å². The van der Waals surface area contributed by atoms with Gasteiger partial charge in [0.15, 0.2) is 0 Å². The van der Waals surface area contributed by atoms with Gasteiger partial charge in [0.2, 0.25) is 5.95 Å². The fraction of sp³-hybridized carbons (Fsp3) is 0.353. The number of methoxy groups -OCH3 is 1. The Kier molecular flexibility index (Phi) is 6.36. The lowest BCUT2D eigenvalue weighted by atomic mass is 10.2. The fourth-order valence-electron chi connectivity index (χ4n) is 2.19. The van der Waals surface area contributed by atoms with Crippen LogP contribution >= 0.6 is 0 Å². The molecule has 2 aromatic rings. The Bertz CT molecular complexity index is 690. The molecule has 0 bridgehead atoms. The van der Waals surface area contributed by atoms with E-state index in [1.165, 1.54) is 0 Å². The highest BCUT2D eigenvalue weighted by molar-refractivity contribution is 5.96. The number of nitrogens with one attached hydrogen (secondary N) is 3. The van der Waals surface area contributed by atoms with Gasteiger partial charge in [0.1, 0.15) is 11.6 Å². The largest absolute Gasteiger partial charge is 0.496 e. The molecule has 1 heterocycles. The molecule has 3 N–H and O–H groups in total. The molecule has 0 saturated carbocycles. The molecule has 0 atom stereocenters. The van der Waals surface area contributed by atoms with Gasteiger partial charge in [-0.05, 0) is 26.0 Å². The van der Waals surface area contributed by atoms with E-state index < -0.39 is 0 Å². The number of rotatable bonds is 8. The molecule has 0 saturated heterocycles. The van der Waals surface area contributed by atoms with Crippen LogP contribution in [0.1, 0.15) is 23.0 Å². The number of amides is 1. The first-order valence-corrected chi connectivity index (χ1v) is 7.88. The molecule has 128 valence electrons. The van der Waals surface area contributed by atoms with Crippen LogP contribution in [-0.4, -0.2) is 42.6 Å². The first kappa shape index (κ1) is 17.5. The lowest BCUT2D eigenvalue weighted by Gasteiger charge is -2.11. The molecule has 0 aliphatic carbocycles. The van der Waals surface area contributed by atoms with Crippen molar-refractivity contribution >= 4 is 17.7 Å². The highest BCUT2D eigenvalue weighted by atomic mass is 16.5. The maximum absolute atomic E-state index is 12.2. The summed E-state index contributed by atoms with van der Waals surface area (Å²) in [7, 11) is 1.55. The molecule has 2 rings (SSSR count). The normalized spacial score (nSPS) is 10.1. The smallest absolute Gasteiger partial charge is 0.255 e. The molecule has 0 aliphatic heterocycles. The average molecular weight is 329 g/mol. The van der Waals surface area contributed by atoms with Crippen LogP contribution in [0.15, 0.2) is 30.3 Å². The van der Waals surface area contributed by atoms with Crippen LogP contribution in [0.25, 0.3) is 0 Å². The summed E-state index contributed by atoms with van der Waals surface area (Å²) in [5.74, 6) is 1.72. The molecule has 1 aromatic carbocycles. The van der Waals surface area contributed by atoms with E-state index in [1.807, 2.05) is 32.0 Å². The van der Waals surface area contributed by atoms with Crippen molar-refractivity contribution in [2.45, 2.75) is 13.8 Å². The van der Waals surface area contributed by atoms with Gasteiger partial charge in [0, 0.05) is 31.4 Å². The Labute approximate surface area is 141 Å². The van der Waals surface area contributed by atoms with Crippen molar-refractivity contribution in [1.82, 2.24) is 15.3 Å². The number of aryl methyl sites for hydroxylation is 1. The lowest BCUT2D eigenvalue weighted by molar-refractivity contribution is 0.0952. The highest BCUT2D eigenvalue weighted by Gasteiger charge is 2.10. The molecule has 0 fully saturated rings. The van der Waals surface area contributed by atoms with Crippen LogP contribution in [0.4, 0.5) is 11.8 Å². The molecular weight excluding hydrogens is 306 g/mol. The first-order chi connectivity index (χ1) is 11.6. The van der Waals surface area contributed by atoms with E-state index in [9.17, 15) is 4.79 Å². The SMILES string of the molecule is CCNc1nc(C)cc(NCCNC(=O)c2ccccc2OC)n1. The summed E-state index contributed by atoms with van der Waals surface area (Å²) in [4.78, 5) is 20.8. The topological polar surface area (TPSA) is 88.2 Å². The number of ether oxygens (including phenoxy) is 1. The minimum Gasteiger partial charge on any atom is -0.496 e. The van der Waals surface area contributed by atoms with E-state index in [2.05, 4.69) is 25.9 Å². The van der Waals surface area contributed by atoms with Crippen molar-refractivity contribution < 1.29 is 9.53 Å². The number of hydrogen-bond donors (Lipinski definition) is 3. The van der Waals surface area contributed by atoms with Crippen molar-refractivity contribution in [3.8, 4) is 5.75 Å². The molecule has 1 amide bonds. The monoisotopic (exact) mass is 329 g/mol. The summed E-state index contributed by atoms with van der Waals surface area (Å²) in [6, 6.07) is 9.00. The van der Waals surface area contributed by atoms with Crippen LogP contribution in [0.5, 0.6) is 5.75 Å². The second kappa shape index (κ2) is 8.71. The van der Waals surface area contributed by atoms with Crippen molar-refractivity contribution in [2.75, 3.05) is 37.4 Å². The third kappa shape index (κ3) is 4.84. The summed E-state index contributed by atoms with van der Waals surface area (Å²) in [5.41, 5.74) is 1.40. The quantitative estimate of drug-likeness (QED) is 0.643. The molecule has 0 unspecified atom stereocenters. The molecule has 24 heavy (non-hydrogen) atoms. The van der Waals surface area contributed by atoms with E-state index in [-0.39, 0.29) is 5.91 Å². The second-order valence-corrected chi connectivity index (χ2v) is 5.13. The summed E-state index contributed by atoms with van der Waals surface area (Å²) in [6.45, 7) is 5.70. The van der Waals surface area contributed by atoms with E-state index >= 15 is 0 Å². The third-order valence-corrected chi connectivity index (χ3v) is 3.26. The van der Waals surface area contributed by atoms with Crippen molar-refractivity contribution in [3.63, 3.8) is 0 Å². The number of para-hydroxylation sites is 1. The van der Waals surface area contributed by atoms with Gasteiger partial charge in [-0.3, -0.25) is 4.79 Å². The average Bonchev–Trinajstić information content (AvgIpc) is 2.58. The Morgan fingerprint density at radius 3 is 2.71 bits per heavy atom. The van der Waals surface area contributed by atoms with Crippen LogP contribution in [-0.2, 0) is 0 Å². The maximum Gasteiger partial charge on any atom is 0.255 e. The lowest BCUT2D eigenvalue weighted by Crippen LogP contribution is -2.29. The Hall–Kier alpha value is -2.83. The summed E-state index contributed by atoms with van der Waals surface area (Å²) in [6.07, 6.45) is 0. The van der Waals surface area contributed by atoms with Crippen LogP contribution in [0.3, 0.4) is 0 Å². The number of carbonyl (C=O) groups excluding carboxylic acids is 1. The molecular formula is C17H23N5O2. The summed E-state index contributed by atoms with van der Waals surface area (Å²) in [5, 5.41) is 9.13. The van der Waals surface area contributed by atoms with E-state index in [0.717, 1.165) is 18.1 Å². The highest BCUT2D eigenvalue weighted by Crippen LogP contribution is 2.16. The second-order valence-electron chi connectivity index (χ2n) is 5.13. The van der Waals surface area contributed by atoms with E-state index in [1.54, 1.807) is 19.2 Å². The predicted octanol–water partition coefficient (Wildman–Crippen LogP) is 2.07. The number of hydrogen-bond acceptors (Lipinski definition) is 6. The van der Waals surface area contributed by atoms with Gasteiger partial charge in [-0.2, -0.15) is 4.98 Å². The number of carbonyl (C=O) groups is 1. The molecule has 0 aliphatic rings. The Morgan fingerprint density at radius 2 is 1.96 bits per heavy atom. The van der Waals surface area contributed by atoms with Crippen molar-refractivity contribution in [3.05, 3.63) is 41.6 Å². The number of benzene rings is 1.